The van der Waals surface area contributed by atoms with Gasteiger partial charge in [0.05, 0.1) is 17.4 Å². The first-order chi connectivity index (χ1) is 12.2. The van der Waals surface area contributed by atoms with Crippen molar-refractivity contribution in [3.05, 3.63) is 60.3 Å². The summed E-state index contributed by atoms with van der Waals surface area (Å²) >= 11 is 0. The second-order valence-electron chi connectivity index (χ2n) is 5.53. The van der Waals surface area contributed by atoms with Gasteiger partial charge in [-0.05, 0) is 11.6 Å². The molecule has 0 aliphatic rings. The second-order valence-corrected chi connectivity index (χ2v) is 5.53. The quantitative estimate of drug-likeness (QED) is 0.556. The van der Waals surface area contributed by atoms with E-state index >= 15 is 0 Å². The number of hydrogen-bond donors (Lipinski definition) is 4. The summed E-state index contributed by atoms with van der Waals surface area (Å²) in [5, 5.41) is 16.0. The topological polar surface area (TPSA) is 98.9 Å². The Labute approximate surface area is 144 Å². The molecule has 0 fully saturated rings. The summed E-state index contributed by atoms with van der Waals surface area (Å²) < 4.78 is 0. The van der Waals surface area contributed by atoms with Crippen LogP contribution in [-0.2, 0) is 11.3 Å². The van der Waals surface area contributed by atoms with Gasteiger partial charge in [0.2, 0.25) is 5.91 Å². The third kappa shape index (κ3) is 4.57. The number of rotatable bonds is 6. The van der Waals surface area contributed by atoms with Gasteiger partial charge >= 0.3 is 6.03 Å². The number of benzene rings is 2. The molecule has 0 saturated heterocycles. The summed E-state index contributed by atoms with van der Waals surface area (Å²) in [6, 6.07) is 14.9. The van der Waals surface area contributed by atoms with Crippen LogP contribution in [0.3, 0.4) is 0 Å². The molecule has 3 rings (SSSR count). The Morgan fingerprint density at radius 3 is 2.68 bits per heavy atom. The highest BCUT2D eigenvalue weighted by Gasteiger charge is 2.08. The number of anilines is 1. The Bertz CT molecular complexity index is 860. The Morgan fingerprint density at radius 1 is 1.00 bits per heavy atom. The van der Waals surface area contributed by atoms with Gasteiger partial charge in [-0.1, -0.05) is 42.5 Å². The number of urea groups is 1. The zero-order chi connectivity index (χ0) is 17.5. The molecule has 128 valence electrons. The number of H-pyrrole nitrogens is 1. The summed E-state index contributed by atoms with van der Waals surface area (Å²) in [4.78, 5) is 23.8. The van der Waals surface area contributed by atoms with Gasteiger partial charge in [0.1, 0.15) is 0 Å². The van der Waals surface area contributed by atoms with Gasteiger partial charge in [0.15, 0.2) is 0 Å². The molecule has 0 atom stereocenters. The monoisotopic (exact) mass is 337 g/mol. The molecular formula is C18H19N5O2. The number of nitrogens with zero attached hydrogens (tertiary/aromatic N) is 1. The van der Waals surface area contributed by atoms with Crippen molar-refractivity contribution in [3.8, 4) is 0 Å². The minimum atomic E-state index is -0.299. The molecule has 0 aliphatic heterocycles. The zero-order valence-corrected chi connectivity index (χ0v) is 13.6. The van der Waals surface area contributed by atoms with Crippen LogP contribution in [0.1, 0.15) is 12.0 Å². The fourth-order valence-electron chi connectivity index (χ4n) is 2.42. The molecule has 0 saturated carbocycles. The molecule has 7 nitrogen and oxygen atoms in total. The molecule has 1 aromatic heterocycles. The van der Waals surface area contributed by atoms with E-state index in [1.807, 2.05) is 42.5 Å². The third-order valence-corrected chi connectivity index (χ3v) is 3.68. The number of fused-ring (bicyclic) bond motifs is 1. The van der Waals surface area contributed by atoms with Crippen LogP contribution in [0.15, 0.2) is 54.7 Å². The highest BCUT2D eigenvalue weighted by molar-refractivity contribution is 6.00. The number of nitrogens with one attached hydrogen (secondary N) is 4. The lowest BCUT2D eigenvalue weighted by molar-refractivity contribution is -0.116. The average molecular weight is 337 g/mol. The summed E-state index contributed by atoms with van der Waals surface area (Å²) in [5.74, 6) is -0.176. The van der Waals surface area contributed by atoms with Crippen LogP contribution in [0.5, 0.6) is 0 Å². The second kappa shape index (κ2) is 7.96. The van der Waals surface area contributed by atoms with E-state index < -0.39 is 0 Å². The standard InChI is InChI=1S/C18H19N5O2/c24-16(22-15-8-4-7-14-12-21-23-17(14)15)9-10-19-18(25)20-11-13-5-2-1-3-6-13/h1-8,12H,9-11H2,(H,21,23)(H,22,24)(H2,19,20,25). The molecule has 1 heterocycles. The lowest BCUT2D eigenvalue weighted by Crippen LogP contribution is -2.36. The van der Waals surface area contributed by atoms with Crippen molar-refractivity contribution >= 4 is 28.5 Å². The predicted molar refractivity (Wildman–Crippen MR) is 96.0 cm³/mol. The normalized spacial score (nSPS) is 10.4. The maximum atomic E-state index is 12.0. The third-order valence-electron chi connectivity index (χ3n) is 3.68. The molecule has 2 aromatic carbocycles. The van der Waals surface area contributed by atoms with E-state index in [0.29, 0.717) is 12.2 Å². The molecular weight excluding hydrogens is 318 g/mol. The van der Waals surface area contributed by atoms with Crippen molar-refractivity contribution in [3.63, 3.8) is 0 Å². The molecule has 25 heavy (non-hydrogen) atoms. The number of aromatic amines is 1. The number of carbonyl (C=O) groups is 2. The van der Waals surface area contributed by atoms with Crippen LogP contribution in [0.4, 0.5) is 10.5 Å². The van der Waals surface area contributed by atoms with Gasteiger partial charge in [-0.2, -0.15) is 5.10 Å². The van der Waals surface area contributed by atoms with E-state index in [2.05, 4.69) is 26.1 Å². The number of hydrogen-bond acceptors (Lipinski definition) is 3. The smallest absolute Gasteiger partial charge is 0.315 e. The lowest BCUT2D eigenvalue weighted by atomic mass is 10.2. The van der Waals surface area contributed by atoms with E-state index in [1.165, 1.54) is 0 Å². The maximum absolute atomic E-state index is 12.0. The maximum Gasteiger partial charge on any atom is 0.315 e. The minimum absolute atomic E-state index is 0.176. The molecule has 0 bridgehead atoms. The van der Waals surface area contributed by atoms with E-state index in [4.69, 9.17) is 0 Å². The van der Waals surface area contributed by atoms with Crippen LogP contribution in [-0.4, -0.2) is 28.7 Å². The Hall–Kier alpha value is -3.35. The number of carbonyl (C=O) groups excluding carboxylic acids is 2. The van der Waals surface area contributed by atoms with E-state index in [9.17, 15) is 9.59 Å². The summed E-state index contributed by atoms with van der Waals surface area (Å²) in [5.41, 5.74) is 2.47. The fraction of sp³-hybridized carbons (Fsp3) is 0.167. The van der Waals surface area contributed by atoms with Gasteiger partial charge in [-0.15, -0.1) is 0 Å². The van der Waals surface area contributed by atoms with Crippen molar-refractivity contribution in [1.82, 2.24) is 20.8 Å². The first-order valence-corrected chi connectivity index (χ1v) is 8.00. The van der Waals surface area contributed by atoms with Gasteiger partial charge in [0, 0.05) is 24.9 Å². The van der Waals surface area contributed by atoms with Crippen LogP contribution in [0.25, 0.3) is 10.9 Å². The fourth-order valence-corrected chi connectivity index (χ4v) is 2.42. The average Bonchev–Trinajstić information content (AvgIpc) is 3.11. The molecule has 0 aliphatic carbocycles. The molecule has 3 amide bonds. The van der Waals surface area contributed by atoms with E-state index in [0.717, 1.165) is 16.5 Å². The first-order valence-electron chi connectivity index (χ1n) is 8.00. The van der Waals surface area contributed by atoms with Crippen LogP contribution in [0, 0.1) is 0 Å². The Morgan fingerprint density at radius 2 is 1.84 bits per heavy atom. The predicted octanol–water partition coefficient (Wildman–Crippen LogP) is 2.39. The van der Waals surface area contributed by atoms with Crippen molar-refractivity contribution < 1.29 is 9.59 Å². The number of amides is 3. The molecule has 0 spiro atoms. The van der Waals surface area contributed by atoms with Crippen molar-refractivity contribution in [2.45, 2.75) is 13.0 Å². The lowest BCUT2D eigenvalue weighted by Gasteiger charge is -2.09. The summed E-state index contributed by atoms with van der Waals surface area (Å²) in [6.07, 6.45) is 1.88. The highest BCUT2D eigenvalue weighted by atomic mass is 16.2. The molecule has 7 heteroatoms. The summed E-state index contributed by atoms with van der Waals surface area (Å²) in [6.45, 7) is 0.700. The highest BCUT2D eigenvalue weighted by Crippen LogP contribution is 2.20. The molecule has 0 radical (unpaired) electrons. The van der Waals surface area contributed by atoms with Gasteiger partial charge in [-0.3, -0.25) is 9.89 Å². The molecule has 3 aromatic rings. The first kappa shape index (κ1) is 16.5. The van der Waals surface area contributed by atoms with E-state index in [1.54, 1.807) is 12.3 Å². The molecule has 0 unspecified atom stereocenters. The number of aromatic nitrogens is 2. The molecule has 4 N–H and O–H groups in total. The van der Waals surface area contributed by atoms with Crippen LogP contribution < -0.4 is 16.0 Å². The minimum Gasteiger partial charge on any atom is -0.338 e. The Balaban J connectivity index is 1.40. The zero-order valence-electron chi connectivity index (χ0n) is 13.6. The SMILES string of the molecule is O=C(CCNC(=O)NCc1ccccc1)Nc1cccc2cn[nH]c12. The van der Waals surface area contributed by atoms with Gasteiger partial charge in [-0.25, -0.2) is 4.79 Å². The van der Waals surface area contributed by atoms with Crippen molar-refractivity contribution in [2.75, 3.05) is 11.9 Å². The van der Waals surface area contributed by atoms with Crippen molar-refractivity contribution in [2.24, 2.45) is 0 Å². The van der Waals surface area contributed by atoms with E-state index in [-0.39, 0.29) is 24.9 Å². The number of para-hydroxylation sites is 1. The van der Waals surface area contributed by atoms with Gasteiger partial charge < -0.3 is 16.0 Å². The summed E-state index contributed by atoms with van der Waals surface area (Å²) in [7, 11) is 0. The largest absolute Gasteiger partial charge is 0.338 e. The Kier molecular flexibility index (Phi) is 5.26. The van der Waals surface area contributed by atoms with Crippen LogP contribution in [0.2, 0.25) is 0 Å². The van der Waals surface area contributed by atoms with Gasteiger partial charge in [0.25, 0.3) is 0 Å². The van der Waals surface area contributed by atoms with Crippen LogP contribution >= 0.6 is 0 Å². The van der Waals surface area contributed by atoms with Crippen molar-refractivity contribution in [1.29, 1.82) is 0 Å².